The number of halogens is 2. The Labute approximate surface area is 163 Å². The first-order chi connectivity index (χ1) is 13.7. The standard InChI is InChI=1S/C19H16F2N6S/c1-2-27-17(8-16(26-27)18-22-6-7-28-18)12-9-23-19(24-10-12)25-11-13-14(20)4-3-5-15(13)21/h3-10H,2,11H2,1H3,(H,23,24,25). The largest absolute Gasteiger partial charge is 0.350 e. The van der Waals surface area contributed by atoms with Gasteiger partial charge in [-0.05, 0) is 25.1 Å². The van der Waals surface area contributed by atoms with E-state index in [-0.39, 0.29) is 18.1 Å². The van der Waals surface area contributed by atoms with Crippen molar-refractivity contribution in [3.8, 4) is 22.0 Å². The van der Waals surface area contributed by atoms with Crippen LogP contribution in [0, 0.1) is 11.6 Å². The number of hydrogen-bond donors (Lipinski definition) is 1. The van der Waals surface area contributed by atoms with Crippen LogP contribution in [0.2, 0.25) is 0 Å². The molecule has 1 aromatic carbocycles. The molecule has 0 bridgehead atoms. The summed E-state index contributed by atoms with van der Waals surface area (Å²) in [4.78, 5) is 12.8. The Kier molecular flexibility index (Phi) is 5.07. The van der Waals surface area contributed by atoms with Gasteiger partial charge in [-0.15, -0.1) is 11.3 Å². The Morgan fingerprint density at radius 3 is 2.50 bits per heavy atom. The minimum Gasteiger partial charge on any atom is -0.350 e. The number of thiazole rings is 1. The lowest BCUT2D eigenvalue weighted by Crippen LogP contribution is -2.07. The third-order valence-corrected chi connectivity index (χ3v) is 4.96. The van der Waals surface area contributed by atoms with Crippen LogP contribution in [0.4, 0.5) is 14.7 Å². The van der Waals surface area contributed by atoms with Crippen molar-refractivity contribution < 1.29 is 8.78 Å². The van der Waals surface area contributed by atoms with Crippen LogP contribution in [-0.4, -0.2) is 24.7 Å². The Bertz CT molecular complexity index is 1060. The van der Waals surface area contributed by atoms with Crippen LogP contribution in [0.5, 0.6) is 0 Å². The molecule has 0 fully saturated rings. The summed E-state index contributed by atoms with van der Waals surface area (Å²) >= 11 is 1.52. The predicted molar refractivity (Wildman–Crippen MR) is 104 cm³/mol. The van der Waals surface area contributed by atoms with Gasteiger partial charge in [0.2, 0.25) is 5.95 Å². The molecule has 0 radical (unpaired) electrons. The predicted octanol–water partition coefficient (Wildman–Crippen LogP) is 4.37. The van der Waals surface area contributed by atoms with Gasteiger partial charge < -0.3 is 5.32 Å². The average molecular weight is 398 g/mol. The van der Waals surface area contributed by atoms with Crippen molar-refractivity contribution >= 4 is 17.3 Å². The van der Waals surface area contributed by atoms with E-state index in [9.17, 15) is 8.78 Å². The van der Waals surface area contributed by atoms with Crippen LogP contribution in [-0.2, 0) is 13.1 Å². The molecule has 0 spiro atoms. The molecule has 0 saturated heterocycles. The van der Waals surface area contributed by atoms with Gasteiger partial charge in [0.25, 0.3) is 0 Å². The minimum atomic E-state index is -0.606. The van der Waals surface area contributed by atoms with Crippen LogP contribution in [0.3, 0.4) is 0 Å². The highest BCUT2D eigenvalue weighted by atomic mass is 32.1. The summed E-state index contributed by atoms with van der Waals surface area (Å²) in [5, 5.41) is 10.2. The third-order valence-electron chi connectivity index (χ3n) is 4.16. The van der Waals surface area contributed by atoms with E-state index >= 15 is 0 Å². The highest BCUT2D eigenvalue weighted by Gasteiger charge is 2.13. The van der Waals surface area contributed by atoms with Crippen molar-refractivity contribution in [2.24, 2.45) is 0 Å². The molecule has 6 nitrogen and oxygen atoms in total. The molecule has 1 N–H and O–H groups in total. The fourth-order valence-corrected chi connectivity index (χ4v) is 3.36. The summed E-state index contributed by atoms with van der Waals surface area (Å²) in [6, 6.07) is 5.71. The zero-order valence-electron chi connectivity index (χ0n) is 14.9. The second kappa shape index (κ2) is 7.81. The van der Waals surface area contributed by atoms with Gasteiger partial charge in [-0.1, -0.05) is 6.07 Å². The molecule has 0 saturated carbocycles. The molecule has 0 unspecified atom stereocenters. The van der Waals surface area contributed by atoms with Gasteiger partial charge >= 0.3 is 0 Å². The molecule has 3 heterocycles. The van der Waals surface area contributed by atoms with Crippen LogP contribution in [0.25, 0.3) is 22.0 Å². The summed E-state index contributed by atoms with van der Waals surface area (Å²) in [7, 11) is 0. The van der Waals surface area contributed by atoms with E-state index in [4.69, 9.17) is 0 Å². The van der Waals surface area contributed by atoms with Crippen LogP contribution >= 0.6 is 11.3 Å². The van der Waals surface area contributed by atoms with Gasteiger partial charge in [0.05, 0.1) is 5.69 Å². The van der Waals surface area contributed by atoms with E-state index in [0.29, 0.717) is 6.54 Å². The lowest BCUT2D eigenvalue weighted by atomic mass is 10.2. The Morgan fingerprint density at radius 2 is 1.86 bits per heavy atom. The van der Waals surface area contributed by atoms with Gasteiger partial charge in [0.1, 0.15) is 22.3 Å². The van der Waals surface area contributed by atoms with Gasteiger partial charge in [-0.2, -0.15) is 5.10 Å². The fourth-order valence-electron chi connectivity index (χ4n) is 2.76. The van der Waals surface area contributed by atoms with Gasteiger partial charge in [-0.25, -0.2) is 23.7 Å². The van der Waals surface area contributed by atoms with E-state index in [2.05, 4.69) is 25.4 Å². The van der Waals surface area contributed by atoms with E-state index < -0.39 is 11.6 Å². The Hall–Kier alpha value is -3.20. The number of aryl methyl sites for hydroxylation is 1. The van der Waals surface area contributed by atoms with Crippen molar-refractivity contribution in [1.29, 1.82) is 0 Å². The summed E-state index contributed by atoms with van der Waals surface area (Å²) in [6.07, 6.45) is 5.05. The molecule has 3 aromatic heterocycles. The van der Waals surface area contributed by atoms with E-state index in [1.807, 2.05) is 23.1 Å². The number of nitrogens with one attached hydrogen (secondary N) is 1. The molecule has 0 atom stereocenters. The summed E-state index contributed by atoms with van der Waals surface area (Å²) in [5.41, 5.74) is 2.41. The molecule has 9 heteroatoms. The van der Waals surface area contributed by atoms with E-state index in [1.165, 1.54) is 29.5 Å². The maximum atomic E-state index is 13.7. The monoisotopic (exact) mass is 398 g/mol. The second-order valence-electron chi connectivity index (χ2n) is 5.92. The lowest BCUT2D eigenvalue weighted by Gasteiger charge is -2.08. The van der Waals surface area contributed by atoms with Crippen molar-refractivity contribution in [2.75, 3.05) is 5.32 Å². The molecule has 4 rings (SSSR count). The number of nitrogens with zero attached hydrogens (tertiary/aromatic N) is 5. The van der Waals surface area contributed by atoms with Gasteiger partial charge in [0.15, 0.2) is 0 Å². The maximum Gasteiger partial charge on any atom is 0.222 e. The number of benzene rings is 1. The van der Waals surface area contributed by atoms with Crippen LogP contribution in [0.1, 0.15) is 12.5 Å². The van der Waals surface area contributed by atoms with Gasteiger partial charge in [0, 0.05) is 48.2 Å². The molecular weight excluding hydrogens is 382 g/mol. The summed E-state index contributed by atoms with van der Waals surface area (Å²) in [5.74, 6) is -0.925. The normalized spacial score (nSPS) is 11.0. The smallest absolute Gasteiger partial charge is 0.222 e. The van der Waals surface area contributed by atoms with Crippen LogP contribution < -0.4 is 5.32 Å². The number of anilines is 1. The number of rotatable bonds is 6. The first-order valence-electron chi connectivity index (χ1n) is 8.62. The first-order valence-corrected chi connectivity index (χ1v) is 9.50. The fraction of sp³-hybridized carbons (Fsp3) is 0.158. The SMILES string of the molecule is CCn1nc(-c2nccs2)cc1-c1cnc(NCc2c(F)cccc2F)nc1. The average Bonchev–Trinajstić information content (AvgIpc) is 3.38. The van der Waals surface area contributed by atoms with Crippen molar-refractivity contribution in [1.82, 2.24) is 24.7 Å². The summed E-state index contributed by atoms with van der Waals surface area (Å²) < 4.78 is 29.3. The highest BCUT2D eigenvalue weighted by Crippen LogP contribution is 2.27. The quantitative estimate of drug-likeness (QED) is 0.522. The minimum absolute atomic E-state index is 0.0427. The third kappa shape index (κ3) is 3.61. The molecule has 142 valence electrons. The topological polar surface area (TPSA) is 68.5 Å². The second-order valence-corrected chi connectivity index (χ2v) is 6.81. The molecule has 28 heavy (non-hydrogen) atoms. The number of aromatic nitrogens is 5. The van der Waals surface area contributed by atoms with E-state index in [1.54, 1.807) is 18.6 Å². The van der Waals surface area contributed by atoms with Crippen LogP contribution in [0.15, 0.2) is 48.2 Å². The van der Waals surface area contributed by atoms with E-state index in [0.717, 1.165) is 22.0 Å². The Morgan fingerprint density at radius 1 is 1.11 bits per heavy atom. The molecule has 0 aliphatic rings. The Balaban J connectivity index is 1.54. The van der Waals surface area contributed by atoms with Crippen molar-refractivity contribution in [3.05, 3.63) is 65.4 Å². The molecule has 0 amide bonds. The summed E-state index contributed by atoms with van der Waals surface area (Å²) in [6.45, 7) is 2.65. The first kappa shape index (κ1) is 18.2. The number of hydrogen-bond acceptors (Lipinski definition) is 6. The molecular formula is C19H16F2N6S. The highest BCUT2D eigenvalue weighted by molar-refractivity contribution is 7.13. The zero-order valence-corrected chi connectivity index (χ0v) is 15.7. The molecule has 0 aliphatic heterocycles. The van der Waals surface area contributed by atoms with Crippen molar-refractivity contribution in [2.45, 2.75) is 20.0 Å². The van der Waals surface area contributed by atoms with Crippen molar-refractivity contribution in [3.63, 3.8) is 0 Å². The maximum absolute atomic E-state index is 13.7. The molecule has 0 aliphatic carbocycles. The molecule has 4 aromatic rings. The zero-order chi connectivity index (χ0) is 19.5. The lowest BCUT2D eigenvalue weighted by molar-refractivity contribution is 0.559. The van der Waals surface area contributed by atoms with Gasteiger partial charge in [-0.3, -0.25) is 4.68 Å².